The second-order valence-corrected chi connectivity index (χ2v) is 4.30. The van der Waals surface area contributed by atoms with Gasteiger partial charge in [0.05, 0.1) is 7.11 Å². The van der Waals surface area contributed by atoms with Crippen molar-refractivity contribution in [2.75, 3.05) is 12.4 Å². The van der Waals surface area contributed by atoms with Gasteiger partial charge < -0.3 is 20.2 Å². The fourth-order valence-corrected chi connectivity index (χ4v) is 1.90. The van der Waals surface area contributed by atoms with Crippen LogP contribution in [0, 0.1) is 10.1 Å². The number of esters is 1. The zero-order valence-electron chi connectivity index (χ0n) is 11.5. The lowest BCUT2D eigenvalue weighted by molar-refractivity contribution is -0.388. The molecule has 0 amide bonds. The predicted molar refractivity (Wildman–Crippen MR) is 74.7 cm³/mol. The Labute approximate surface area is 120 Å². The maximum absolute atomic E-state index is 11.9. The second kappa shape index (κ2) is 6.04. The minimum absolute atomic E-state index is 0.138. The fourth-order valence-electron chi connectivity index (χ4n) is 1.90. The summed E-state index contributed by atoms with van der Waals surface area (Å²) in [5, 5.41) is 13.8. The molecule has 110 valence electrons. The van der Waals surface area contributed by atoms with Crippen molar-refractivity contribution in [3.8, 4) is 0 Å². The Morgan fingerprint density at radius 3 is 2.67 bits per heavy atom. The van der Waals surface area contributed by atoms with Crippen LogP contribution in [0.5, 0.6) is 0 Å². The molecule has 1 N–H and O–H groups in total. The Hall–Kier alpha value is -2.90. The summed E-state index contributed by atoms with van der Waals surface area (Å²) in [6, 6.07) is 7.96. The van der Waals surface area contributed by atoms with E-state index in [2.05, 4.69) is 10.3 Å². The van der Waals surface area contributed by atoms with E-state index in [1.54, 1.807) is 31.3 Å². The number of nitrogens with zero attached hydrogens (tertiary/aromatic N) is 3. The van der Waals surface area contributed by atoms with Crippen LogP contribution < -0.4 is 5.32 Å². The molecule has 0 aliphatic heterocycles. The molecule has 0 radical (unpaired) electrons. The third-order valence-corrected chi connectivity index (χ3v) is 2.94. The minimum Gasteiger partial charge on any atom is -0.467 e. The molecule has 0 saturated heterocycles. The molecule has 1 heterocycles. The highest BCUT2D eigenvalue weighted by Crippen LogP contribution is 2.27. The number of rotatable bonds is 5. The second-order valence-electron chi connectivity index (χ2n) is 4.30. The molecule has 0 spiro atoms. The Balaban J connectivity index is 2.39. The van der Waals surface area contributed by atoms with Gasteiger partial charge in [-0.3, -0.25) is 4.57 Å². The fraction of sp³-hybridized carbons (Fsp3) is 0.231. The quantitative estimate of drug-likeness (QED) is 0.510. The van der Waals surface area contributed by atoms with E-state index in [4.69, 9.17) is 4.74 Å². The summed E-state index contributed by atoms with van der Waals surface area (Å²) >= 11 is 0. The number of nitro groups is 1. The lowest BCUT2D eigenvalue weighted by Crippen LogP contribution is -2.23. The lowest BCUT2D eigenvalue weighted by Gasteiger charge is -2.17. The minimum atomic E-state index is -0.856. The van der Waals surface area contributed by atoms with Crippen molar-refractivity contribution in [1.29, 1.82) is 0 Å². The summed E-state index contributed by atoms with van der Waals surface area (Å²) < 4.78 is 6.20. The number of aryl methyl sites for hydroxylation is 1. The summed E-state index contributed by atoms with van der Waals surface area (Å²) in [5.74, 6) is -0.752. The highest BCUT2D eigenvalue weighted by molar-refractivity contribution is 5.81. The summed E-state index contributed by atoms with van der Waals surface area (Å²) in [6.45, 7) is 0. The predicted octanol–water partition coefficient (Wildman–Crippen LogP) is 1.65. The van der Waals surface area contributed by atoms with Crippen LogP contribution in [0.3, 0.4) is 0 Å². The average Bonchev–Trinajstić information content (AvgIpc) is 2.86. The number of hydrogen-bond acceptors (Lipinski definition) is 6. The van der Waals surface area contributed by atoms with Crippen molar-refractivity contribution in [2.45, 2.75) is 6.04 Å². The van der Waals surface area contributed by atoms with Gasteiger partial charge in [0.25, 0.3) is 0 Å². The smallest absolute Gasteiger partial charge is 0.406 e. The van der Waals surface area contributed by atoms with E-state index in [1.165, 1.54) is 18.0 Å². The number of hydrogen-bond donors (Lipinski definition) is 1. The zero-order valence-corrected chi connectivity index (χ0v) is 11.5. The average molecular weight is 290 g/mol. The number of carbonyl (C=O) groups is 1. The van der Waals surface area contributed by atoms with Gasteiger partial charge in [-0.2, -0.15) is 0 Å². The van der Waals surface area contributed by atoms with E-state index < -0.39 is 16.9 Å². The van der Waals surface area contributed by atoms with Crippen LogP contribution in [0.4, 0.5) is 11.6 Å². The first-order valence-electron chi connectivity index (χ1n) is 6.09. The zero-order chi connectivity index (χ0) is 15.4. The van der Waals surface area contributed by atoms with Crippen LogP contribution in [-0.2, 0) is 16.6 Å². The van der Waals surface area contributed by atoms with Crippen LogP contribution in [0.2, 0.25) is 0 Å². The van der Waals surface area contributed by atoms with E-state index in [9.17, 15) is 14.9 Å². The molecule has 1 atom stereocenters. The van der Waals surface area contributed by atoms with Gasteiger partial charge in [-0.05, 0) is 15.5 Å². The molecule has 0 saturated carbocycles. The van der Waals surface area contributed by atoms with Crippen molar-refractivity contribution >= 4 is 17.6 Å². The maximum atomic E-state index is 11.9. The number of imidazole rings is 1. The molecular weight excluding hydrogens is 276 g/mol. The summed E-state index contributed by atoms with van der Waals surface area (Å²) in [5.41, 5.74) is 0.639. The van der Waals surface area contributed by atoms with E-state index in [0.717, 1.165) is 0 Å². The monoisotopic (exact) mass is 290 g/mol. The van der Waals surface area contributed by atoms with Crippen LogP contribution in [-0.4, -0.2) is 27.6 Å². The Bertz CT molecular complexity index is 653. The van der Waals surface area contributed by atoms with E-state index in [0.29, 0.717) is 5.56 Å². The van der Waals surface area contributed by atoms with Crippen molar-refractivity contribution in [3.05, 3.63) is 52.3 Å². The third-order valence-electron chi connectivity index (χ3n) is 2.94. The first-order chi connectivity index (χ1) is 10.0. The van der Waals surface area contributed by atoms with Crippen LogP contribution in [0.1, 0.15) is 11.6 Å². The number of benzene rings is 1. The molecule has 0 aliphatic rings. The third kappa shape index (κ3) is 2.99. The SMILES string of the molecule is COC(=O)C(Nc1c([N+](=O)[O-])ncn1C)c1ccccc1. The normalized spacial score (nSPS) is 11.7. The highest BCUT2D eigenvalue weighted by atomic mass is 16.6. The highest BCUT2D eigenvalue weighted by Gasteiger charge is 2.28. The maximum Gasteiger partial charge on any atom is 0.406 e. The number of nitrogens with one attached hydrogen (secondary N) is 1. The summed E-state index contributed by atoms with van der Waals surface area (Å²) in [4.78, 5) is 26.0. The molecule has 21 heavy (non-hydrogen) atoms. The van der Waals surface area contributed by atoms with Gasteiger partial charge in [0, 0.05) is 7.05 Å². The van der Waals surface area contributed by atoms with Crippen molar-refractivity contribution in [3.63, 3.8) is 0 Å². The van der Waals surface area contributed by atoms with Crippen LogP contribution in [0.25, 0.3) is 0 Å². The van der Waals surface area contributed by atoms with Crippen molar-refractivity contribution < 1.29 is 14.5 Å². The molecule has 0 fully saturated rings. The Kier molecular flexibility index (Phi) is 4.17. The number of methoxy groups -OCH3 is 1. The van der Waals surface area contributed by atoms with Gasteiger partial charge >= 0.3 is 11.8 Å². The van der Waals surface area contributed by atoms with Gasteiger partial charge in [-0.1, -0.05) is 30.3 Å². The molecule has 1 aromatic carbocycles. The topological polar surface area (TPSA) is 99.3 Å². The lowest BCUT2D eigenvalue weighted by atomic mass is 10.1. The first kappa shape index (κ1) is 14.5. The number of carbonyl (C=O) groups excluding carboxylic acids is 1. The largest absolute Gasteiger partial charge is 0.467 e. The molecule has 8 nitrogen and oxygen atoms in total. The molecule has 0 bridgehead atoms. The molecule has 2 aromatic rings. The van der Waals surface area contributed by atoms with Crippen LogP contribution in [0.15, 0.2) is 36.7 Å². The number of aromatic nitrogens is 2. The van der Waals surface area contributed by atoms with Crippen molar-refractivity contribution in [1.82, 2.24) is 9.55 Å². The van der Waals surface area contributed by atoms with E-state index >= 15 is 0 Å². The first-order valence-corrected chi connectivity index (χ1v) is 6.09. The van der Waals surface area contributed by atoms with Gasteiger partial charge in [-0.15, -0.1) is 0 Å². The van der Waals surface area contributed by atoms with Crippen molar-refractivity contribution in [2.24, 2.45) is 7.05 Å². The molecule has 0 aliphatic carbocycles. The number of anilines is 1. The Morgan fingerprint density at radius 2 is 2.10 bits per heavy atom. The summed E-state index contributed by atoms with van der Waals surface area (Å²) in [7, 11) is 2.86. The van der Waals surface area contributed by atoms with Crippen LogP contribution >= 0.6 is 0 Å². The molecule has 1 aromatic heterocycles. The standard InChI is InChI=1S/C13H14N4O4/c1-16-8-14-11(17(19)20)12(16)15-10(13(18)21-2)9-6-4-3-5-7-9/h3-8,10,15H,1-2H3. The van der Waals surface area contributed by atoms with Gasteiger partial charge in [-0.25, -0.2) is 4.79 Å². The summed E-state index contributed by atoms with van der Waals surface area (Å²) in [6.07, 6.45) is 1.31. The number of ether oxygens (including phenoxy) is 1. The molecule has 2 rings (SSSR count). The molecule has 1 unspecified atom stereocenters. The van der Waals surface area contributed by atoms with E-state index in [1.807, 2.05) is 6.07 Å². The Morgan fingerprint density at radius 1 is 1.43 bits per heavy atom. The van der Waals surface area contributed by atoms with Gasteiger partial charge in [0.1, 0.15) is 0 Å². The molecular formula is C13H14N4O4. The van der Waals surface area contributed by atoms with E-state index in [-0.39, 0.29) is 11.6 Å². The molecule has 8 heteroatoms. The van der Waals surface area contributed by atoms with Gasteiger partial charge in [0.15, 0.2) is 6.04 Å². The van der Waals surface area contributed by atoms with Gasteiger partial charge in [0.2, 0.25) is 12.1 Å².